The third-order valence-electron chi connectivity index (χ3n) is 6.91. The number of esters is 1. The molecule has 0 aromatic heterocycles. The van der Waals surface area contributed by atoms with E-state index >= 15 is 0 Å². The summed E-state index contributed by atoms with van der Waals surface area (Å²) in [5.74, 6) is -1.42. The number of carbonyl (C=O) groups is 3. The van der Waals surface area contributed by atoms with Gasteiger partial charge in [0.1, 0.15) is 18.9 Å². The Morgan fingerprint density at radius 2 is 1.92 bits per heavy atom. The quantitative estimate of drug-likeness (QED) is 0.115. The van der Waals surface area contributed by atoms with Crippen LogP contribution in [0.2, 0.25) is 19.6 Å². The molecule has 3 aliphatic rings. The molecule has 204 valence electrons. The smallest absolute Gasteiger partial charge is 0.410 e. The van der Waals surface area contributed by atoms with E-state index in [0.29, 0.717) is 30.5 Å². The topological polar surface area (TPSA) is 129 Å². The maximum atomic E-state index is 13.5. The molecule has 1 aromatic rings. The Balaban J connectivity index is 1.61. The van der Waals surface area contributed by atoms with Gasteiger partial charge in [0, 0.05) is 18.7 Å². The molecule has 0 spiro atoms. The molecule has 0 unspecified atom stereocenters. The number of nitro benzene ring substituents is 1. The summed E-state index contributed by atoms with van der Waals surface area (Å²) in [6.45, 7) is 12.0. The van der Waals surface area contributed by atoms with Gasteiger partial charge in [0.15, 0.2) is 8.32 Å². The van der Waals surface area contributed by atoms with Crippen molar-refractivity contribution in [3.8, 4) is 0 Å². The summed E-state index contributed by atoms with van der Waals surface area (Å²) in [5, 5.41) is 10.9. The van der Waals surface area contributed by atoms with Gasteiger partial charge in [-0.1, -0.05) is 12.7 Å². The number of ether oxygens (including phenoxy) is 2. The molecular weight excluding hydrogens is 510 g/mol. The van der Waals surface area contributed by atoms with Gasteiger partial charge in [-0.25, -0.2) is 9.59 Å². The number of nitrogens with zero attached hydrogens (tertiary/aromatic N) is 3. The van der Waals surface area contributed by atoms with Crippen molar-refractivity contribution in [2.24, 2.45) is 5.92 Å². The van der Waals surface area contributed by atoms with Crippen molar-refractivity contribution in [2.45, 2.75) is 64.2 Å². The Hall–Kier alpha value is -3.51. The van der Waals surface area contributed by atoms with E-state index in [0.717, 1.165) is 0 Å². The molecule has 0 radical (unpaired) electrons. The predicted molar refractivity (Wildman–Crippen MR) is 139 cm³/mol. The highest BCUT2D eigenvalue weighted by atomic mass is 28.4. The summed E-state index contributed by atoms with van der Waals surface area (Å²) in [6.07, 6.45) is 1.72. The summed E-state index contributed by atoms with van der Waals surface area (Å²) >= 11 is 0. The fourth-order valence-electron chi connectivity index (χ4n) is 5.54. The molecule has 0 bridgehead atoms. The Morgan fingerprint density at radius 1 is 1.24 bits per heavy atom. The van der Waals surface area contributed by atoms with Crippen molar-refractivity contribution in [1.82, 2.24) is 9.80 Å². The molecule has 0 aliphatic carbocycles. The highest BCUT2D eigenvalue weighted by molar-refractivity contribution is 6.69. The molecule has 11 nitrogen and oxygen atoms in total. The number of fused-ring (bicyclic) bond motifs is 3. The second kappa shape index (κ2) is 10.7. The fourth-order valence-corrected chi connectivity index (χ4v) is 6.80. The first-order valence-corrected chi connectivity index (χ1v) is 16.0. The SMILES string of the molecule is C=CCOC(=O)N1CCCC2=C(C(=O)OCc3ccc([N+](=O)[O-])cc3)N3C(=O)[C@H]([C@@H](C)O[Si](C)(C)C)[C@H]3[C@H]21. The molecule has 0 saturated carbocycles. The molecule has 4 atom stereocenters. The zero-order valence-electron chi connectivity index (χ0n) is 22.0. The van der Waals surface area contributed by atoms with Gasteiger partial charge in [-0.2, -0.15) is 0 Å². The minimum atomic E-state index is -1.97. The van der Waals surface area contributed by atoms with Gasteiger partial charge in [-0.3, -0.25) is 24.7 Å². The van der Waals surface area contributed by atoms with Gasteiger partial charge < -0.3 is 13.9 Å². The van der Waals surface area contributed by atoms with Gasteiger partial charge in [0.2, 0.25) is 5.91 Å². The Labute approximate surface area is 222 Å². The van der Waals surface area contributed by atoms with Crippen LogP contribution in [0.15, 0.2) is 48.2 Å². The van der Waals surface area contributed by atoms with E-state index in [-0.39, 0.29) is 36.6 Å². The number of β-lactam (4-membered cyclic amide) rings is 1. The lowest BCUT2D eigenvalue weighted by Gasteiger charge is -2.51. The van der Waals surface area contributed by atoms with E-state index in [4.69, 9.17) is 13.9 Å². The Kier molecular flexibility index (Phi) is 7.74. The minimum absolute atomic E-state index is 0.0527. The first-order valence-electron chi connectivity index (χ1n) is 12.6. The van der Waals surface area contributed by atoms with Gasteiger partial charge in [-0.05, 0) is 62.7 Å². The molecule has 2 saturated heterocycles. The molecule has 3 heterocycles. The highest BCUT2D eigenvalue weighted by Crippen LogP contribution is 2.49. The number of benzene rings is 1. The van der Waals surface area contributed by atoms with E-state index in [1.54, 1.807) is 4.90 Å². The van der Waals surface area contributed by atoms with Crippen molar-refractivity contribution >= 4 is 32.0 Å². The zero-order chi connectivity index (χ0) is 27.8. The summed E-state index contributed by atoms with van der Waals surface area (Å²) < 4.78 is 17.1. The summed E-state index contributed by atoms with van der Waals surface area (Å²) in [4.78, 5) is 53.3. The number of hydrogen-bond donors (Lipinski definition) is 0. The number of amides is 2. The van der Waals surface area contributed by atoms with Gasteiger partial charge in [0.25, 0.3) is 5.69 Å². The minimum Gasteiger partial charge on any atom is -0.456 e. The van der Waals surface area contributed by atoms with Crippen molar-refractivity contribution in [3.63, 3.8) is 0 Å². The molecule has 1 aromatic carbocycles. The predicted octanol–water partition coefficient (Wildman–Crippen LogP) is 3.76. The zero-order valence-corrected chi connectivity index (χ0v) is 23.0. The molecule has 4 rings (SSSR count). The van der Waals surface area contributed by atoms with Crippen LogP contribution >= 0.6 is 0 Å². The lowest BCUT2D eigenvalue weighted by atomic mass is 9.78. The molecule has 0 N–H and O–H groups in total. The van der Waals surface area contributed by atoms with Gasteiger partial charge in [0.05, 0.1) is 29.0 Å². The van der Waals surface area contributed by atoms with Crippen molar-refractivity contribution in [3.05, 3.63) is 63.9 Å². The number of nitro groups is 1. The second-order valence-electron chi connectivity index (χ2n) is 10.6. The average molecular weight is 544 g/mol. The molecule has 3 aliphatic heterocycles. The van der Waals surface area contributed by atoms with Crippen LogP contribution in [0.25, 0.3) is 0 Å². The molecular formula is C26H33N3O8Si. The normalized spacial score (nSPS) is 23.3. The summed E-state index contributed by atoms with van der Waals surface area (Å²) in [7, 11) is -1.97. The first-order chi connectivity index (χ1) is 17.9. The third-order valence-corrected chi connectivity index (χ3v) is 7.99. The largest absolute Gasteiger partial charge is 0.456 e. The maximum Gasteiger partial charge on any atom is 0.410 e. The van der Waals surface area contributed by atoms with Crippen LogP contribution < -0.4 is 0 Å². The van der Waals surface area contributed by atoms with Crippen molar-refractivity contribution < 1.29 is 33.2 Å². The Morgan fingerprint density at radius 3 is 2.53 bits per heavy atom. The number of carbonyl (C=O) groups excluding carboxylic acids is 3. The van der Waals surface area contributed by atoms with E-state index in [9.17, 15) is 24.5 Å². The molecule has 38 heavy (non-hydrogen) atoms. The summed E-state index contributed by atoms with van der Waals surface area (Å²) in [6, 6.07) is 4.73. The fraction of sp³-hybridized carbons (Fsp3) is 0.500. The summed E-state index contributed by atoms with van der Waals surface area (Å²) in [5.41, 5.74) is 1.36. The van der Waals surface area contributed by atoms with Crippen LogP contribution in [0, 0.1) is 16.0 Å². The third kappa shape index (κ3) is 5.23. The monoisotopic (exact) mass is 543 g/mol. The van der Waals surface area contributed by atoms with Crippen LogP contribution in [-0.2, 0) is 30.1 Å². The van der Waals surface area contributed by atoms with Crippen molar-refractivity contribution in [2.75, 3.05) is 13.2 Å². The number of likely N-dealkylation sites (tertiary alicyclic amines) is 1. The van der Waals surface area contributed by atoms with Crippen LogP contribution in [0.4, 0.5) is 10.5 Å². The first kappa shape index (κ1) is 27.5. The van der Waals surface area contributed by atoms with Crippen LogP contribution in [-0.4, -0.2) is 72.3 Å². The molecule has 12 heteroatoms. The average Bonchev–Trinajstić information content (AvgIpc) is 3.15. The number of piperidine rings is 1. The lowest BCUT2D eigenvalue weighted by molar-refractivity contribution is -0.384. The van der Waals surface area contributed by atoms with E-state index < -0.39 is 43.3 Å². The molecule has 2 amide bonds. The van der Waals surface area contributed by atoms with E-state index in [1.807, 2.05) is 26.6 Å². The van der Waals surface area contributed by atoms with Crippen LogP contribution in [0.3, 0.4) is 0 Å². The van der Waals surface area contributed by atoms with Crippen LogP contribution in [0.5, 0.6) is 0 Å². The van der Waals surface area contributed by atoms with E-state index in [2.05, 4.69) is 6.58 Å². The standard InChI is InChI=1S/C26H33N3O8Si/c1-6-14-35-26(32)27-13-7-8-19-21(27)23-20(16(2)37-38(3,4)5)24(30)28(23)22(19)25(31)36-15-17-9-11-18(12-10-17)29(33)34/h6,9-12,16,20-21,23H,1,7-8,13-15H2,2-5H3/t16-,20-,21+,23+/m1/s1. The number of rotatable bonds is 9. The van der Waals surface area contributed by atoms with E-state index in [1.165, 1.54) is 35.2 Å². The maximum absolute atomic E-state index is 13.5. The van der Waals surface area contributed by atoms with Crippen LogP contribution in [0.1, 0.15) is 25.3 Å². The number of non-ortho nitro benzene ring substituents is 1. The Bertz CT molecular complexity index is 1180. The van der Waals surface area contributed by atoms with Gasteiger partial charge >= 0.3 is 12.1 Å². The lowest BCUT2D eigenvalue weighted by Crippen LogP contribution is -2.69. The van der Waals surface area contributed by atoms with Crippen molar-refractivity contribution in [1.29, 1.82) is 0 Å². The van der Waals surface area contributed by atoms with Gasteiger partial charge in [-0.15, -0.1) is 0 Å². The number of hydrogen-bond acceptors (Lipinski definition) is 8. The second-order valence-corrected chi connectivity index (χ2v) is 15.1. The highest BCUT2D eigenvalue weighted by Gasteiger charge is 2.64. The molecule has 2 fully saturated rings.